The summed E-state index contributed by atoms with van der Waals surface area (Å²) < 4.78 is 0. The van der Waals surface area contributed by atoms with Crippen molar-refractivity contribution in [1.82, 2.24) is 9.97 Å². The Labute approximate surface area is 117 Å². The first-order valence-electron chi connectivity index (χ1n) is 6.09. The molecule has 0 aliphatic heterocycles. The molecule has 3 N–H and O–H groups in total. The van der Waals surface area contributed by atoms with Gasteiger partial charge in [-0.1, -0.05) is 30.3 Å². The second kappa shape index (κ2) is 5.04. The lowest BCUT2D eigenvalue weighted by atomic mass is 10.1. The van der Waals surface area contributed by atoms with E-state index in [4.69, 9.17) is 0 Å². The number of benzene rings is 2. The molecule has 0 unspecified atom stereocenters. The van der Waals surface area contributed by atoms with E-state index >= 15 is 0 Å². The minimum atomic E-state index is -0.650. The number of hydrogen-bond donors (Lipinski definition) is 3. The van der Waals surface area contributed by atoms with Crippen LogP contribution in [0, 0.1) is 0 Å². The Morgan fingerprint density at radius 2 is 1.71 bits per heavy atom. The zero-order valence-electron chi connectivity index (χ0n) is 10.7. The van der Waals surface area contributed by atoms with Gasteiger partial charge >= 0.3 is 5.69 Å². The lowest BCUT2D eigenvalue weighted by Gasteiger charge is -2.02. The maximum atomic E-state index is 11.5. The molecule has 0 saturated carbocycles. The predicted molar refractivity (Wildman–Crippen MR) is 77.5 cm³/mol. The quantitative estimate of drug-likeness (QED) is 0.627. The van der Waals surface area contributed by atoms with Crippen LogP contribution in [0.5, 0.6) is 5.75 Å². The lowest BCUT2D eigenvalue weighted by Crippen LogP contribution is -2.20. The number of aromatic hydroxyl groups is 1. The molecule has 1 heterocycles. The van der Waals surface area contributed by atoms with Crippen LogP contribution in [0.2, 0.25) is 0 Å². The molecule has 0 saturated heterocycles. The number of rotatable bonds is 2. The molecule has 0 bridgehead atoms. The highest BCUT2D eigenvalue weighted by Crippen LogP contribution is 2.34. The first-order valence-corrected chi connectivity index (χ1v) is 6.09. The van der Waals surface area contributed by atoms with Crippen LogP contribution in [0.4, 0.5) is 11.4 Å². The van der Waals surface area contributed by atoms with Gasteiger partial charge in [0, 0.05) is 11.6 Å². The van der Waals surface area contributed by atoms with Crippen LogP contribution in [0.15, 0.2) is 62.4 Å². The van der Waals surface area contributed by atoms with Crippen LogP contribution in [-0.2, 0) is 0 Å². The normalized spacial score (nSPS) is 11.2. The van der Waals surface area contributed by atoms with Crippen LogP contribution in [-0.4, -0.2) is 15.1 Å². The van der Waals surface area contributed by atoms with Gasteiger partial charge in [-0.3, -0.25) is 9.78 Å². The van der Waals surface area contributed by atoms with Gasteiger partial charge in [0.2, 0.25) is 0 Å². The number of nitrogens with one attached hydrogen (secondary N) is 2. The molecular weight excluding hydrogens is 272 g/mol. The van der Waals surface area contributed by atoms with Crippen molar-refractivity contribution in [2.45, 2.75) is 0 Å². The van der Waals surface area contributed by atoms with Crippen molar-refractivity contribution in [3.05, 3.63) is 63.4 Å². The highest BCUT2D eigenvalue weighted by Gasteiger charge is 2.05. The number of phenolic OH excluding ortho intramolecular Hbond substituents is 1. The van der Waals surface area contributed by atoms with E-state index in [1.807, 2.05) is 17.1 Å². The smallest absolute Gasteiger partial charge is 0.325 e. The maximum Gasteiger partial charge on any atom is 0.325 e. The average molecular weight is 282 g/mol. The Balaban J connectivity index is 2.05. The molecule has 7 nitrogen and oxygen atoms in total. The Hall–Kier alpha value is -3.22. The van der Waals surface area contributed by atoms with Crippen molar-refractivity contribution < 1.29 is 5.11 Å². The van der Waals surface area contributed by atoms with E-state index in [1.165, 1.54) is 0 Å². The van der Waals surface area contributed by atoms with E-state index in [9.17, 15) is 14.7 Å². The van der Waals surface area contributed by atoms with E-state index < -0.39 is 11.2 Å². The zero-order chi connectivity index (χ0) is 14.8. The minimum absolute atomic E-state index is 0.0160. The Morgan fingerprint density at radius 1 is 0.952 bits per heavy atom. The number of hydrogen-bond acceptors (Lipinski definition) is 5. The third kappa shape index (κ3) is 2.44. The molecule has 2 aromatic carbocycles. The van der Waals surface area contributed by atoms with Crippen LogP contribution in [0.1, 0.15) is 0 Å². The van der Waals surface area contributed by atoms with Gasteiger partial charge in [-0.2, -0.15) is 0 Å². The average Bonchev–Trinajstić information content (AvgIpc) is 2.48. The summed E-state index contributed by atoms with van der Waals surface area (Å²) >= 11 is 0. The van der Waals surface area contributed by atoms with Gasteiger partial charge in [0.05, 0.1) is 0 Å². The summed E-state index contributed by atoms with van der Waals surface area (Å²) in [5, 5.41) is 19.2. The maximum absolute atomic E-state index is 11.5. The summed E-state index contributed by atoms with van der Waals surface area (Å²) in [6.45, 7) is 0. The standard InChI is InChI=1S/C14H10N4O3/c19-12-9-4-2-1-3-8(9)5-6-10(12)17-18-11-7-15-14(21)16-13(11)20/h1-7,19H,(H2,15,16,20,21). The van der Waals surface area contributed by atoms with E-state index in [-0.39, 0.29) is 17.1 Å². The van der Waals surface area contributed by atoms with Gasteiger partial charge in [0.15, 0.2) is 11.4 Å². The third-order valence-corrected chi connectivity index (χ3v) is 2.94. The number of fused-ring (bicyclic) bond motifs is 1. The Bertz CT molecular complexity index is 956. The van der Waals surface area contributed by atoms with Crippen molar-refractivity contribution in [3.8, 4) is 5.75 Å². The molecule has 21 heavy (non-hydrogen) atoms. The number of aromatic nitrogens is 2. The second-order valence-corrected chi connectivity index (χ2v) is 4.31. The summed E-state index contributed by atoms with van der Waals surface area (Å²) in [5.41, 5.74) is -1.09. The number of phenols is 1. The fourth-order valence-corrected chi connectivity index (χ4v) is 1.91. The SMILES string of the molecule is O=c1[nH]cc(N=Nc2ccc3ccccc3c2O)c(=O)[nH]1. The van der Waals surface area contributed by atoms with Crippen molar-refractivity contribution in [2.24, 2.45) is 10.2 Å². The molecule has 0 radical (unpaired) electrons. The molecule has 3 aromatic rings. The second-order valence-electron chi connectivity index (χ2n) is 4.31. The van der Waals surface area contributed by atoms with Crippen LogP contribution in [0.3, 0.4) is 0 Å². The van der Waals surface area contributed by atoms with E-state index in [1.54, 1.807) is 24.3 Å². The van der Waals surface area contributed by atoms with Crippen molar-refractivity contribution >= 4 is 22.1 Å². The zero-order valence-corrected chi connectivity index (χ0v) is 10.7. The molecular formula is C14H10N4O3. The lowest BCUT2D eigenvalue weighted by molar-refractivity contribution is 0.482. The monoisotopic (exact) mass is 282 g/mol. The number of nitrogens with zero attached hydrogens (tertiary/aromatic N) is 2. The largest absolute Gasteiger partial charge is 0.505 e. The van der Waals surface area contributed by atoms with Crippen molar-refractivity contribution in [2.75, 3.05) is 0 Å². The van der Waals surface area contributed by atoms with E-state index in [0.717, 1.165) is 11.6 Å². The van der Waals surface area contributed by atoms with Gasteiger partial charge < -0.3 is 10.1 Å². The highest BCUT2D eigenvalue weighted by molar-refractivity contribution is 5.92. The van der Waals surface area contributed by atoms with E-state index in [0.29, 0.717) is 5.39 Å². The topological polar surface area (TPSA) is 111 Å². The van der Waals surface area contributed by atoms with Gasteiger partial charge in [-0.25, -0.2) is 4.79 Å². The molecule has 0 amide bonds. The summed E-state index contributed by atoms with van der Waals surface area (Å²) in [6.07, 6.45) is 1.16. The molecule has 3 rings (SSSR count). The van der Waals surface area contributed by atoms with Crippen LogP contribution < -0.4 is 11.2 Å². The number of azo groups is 1. The van der Waals surface area contributed by atoms with Gasteiger partial charge in [0.1, 0.15) is 5.69 Å². The number of aromatic amines is 2. The summed E-state index contributed by atoms with van der Waals surface area (Å²) in [6, 6.07) is 10.7. The fourth-order valence-electron chi connectivity index (χ4n) is 1.91. The van der Waals surface area contributed by atoms with Crippen LogP contribution in [0.25, 0.3) is 10.8 Å². The number of H-pyrrole nitrogens is 2. The van der Waals surface area contributed by atoms with Gasteiger partial charge in [0.25, 0.3) is 5.56 Å². The molecule has 0 atom stereocenters. The highest BCUT2D eigenvalue weighted by atomic mass is 16.3. The molecule has 1 aromatic heterocycles. The molecule has 7 heteroatoms. The first-order chi connectivity index (χ1) is 10.1. The fraction of sp³-hybridized carbons (Fsp3) is 0. The first kappa shape index (κ1) is 12.8. The summed E-state index contributed by atoms with van der Waals surface area (Å²) in [5.74, 6) is -0.0160. The summed E-state index contributed by atoms with van der Waals surface area (Å²) in [7, 11) is 0. The van der Waals surface area contributed by atoms with Crippen molar-refractivity contribution in [3.63, 3.8) is 0 Å². The molecule has 0 spiro atoms. The summed E-state index contributed by atoms with van der Waals surface area (Å²) in [4.78, 5) is 26.7. The molecule has 0 fully saturated rings. The predicted octanol–water partition coefficient (Wildman–Crippen LogP) is 2.34. The molecule has 0 aliphatic carbocycles. The van der Waals surface area contributed by atoms with Crippen LogP contribution >= 0.6 is 0 Å². The van der Waals surface area contributed by atoms with E-state index in [2.05, 4.69) is 15.2 Å². The van der Waals surface area contributed by atoms with Crippen molar-refractivity contribution in [1.29, 1.82) is 0 Å². The molecule has 104 valence electrons. The Kier molecular flexibility index (Phi) is 3.07. The minimum Gasteiger partial charge on any atom is -0.505 e. The Morgan fingerprint density at radius 3 is 2.52 bits per heavy atom. The van der Waals surface area contributed by atoms with Gasteiger partial charge in [-0.15, -0.1) is 10.2 Å². The third-order valence-electron chi connectivity index (χ3n) is 2.94. The molecule has 0 aliphatic rings. The van der Waals surface area contributed by atoms with Gasteiger partial charge in [-0.05, 0) is 11.5 Å².